The van der Waals surface area contributed by atoms with Gasteiger partial charge >= 0.3 is 0 Å². The van der Waals surface area contributed by atoms with Gasteiger partial charge in [-0.05, 0) is 30.9 Å². The summed E-state index contributed by atoms with van der Waals surface area (Å²) >= 11 is 0. The standard InChI is InChI=1S/C15H20N2O/c16-12-8-5-9-13-15(12)17-14(18-13)10-11-6-3-1-2-4-7-11/h5,8-9,11H,1-4,6-7,10,16H2. The molecule has 0 spiro atoms. The van der Waals surface area contributed by atoms with Crippen molar-refractivity contribution in [2.75, 3.05) is 5.73 Å². The highest BCUT2D eigenvalue weighted by molar-refractivity contribution is 5.85. The summed E-state index contributed by atoms with van der Waals surface area (Å²) in [6.07, 6.45) is 9.07. The lowest BCUT2D eigenvalue weighted by atomic mass is 9.97. The molecule has 1 fully saturated rings. The van der Waals surface area contributed by atoms with E-state index in [0.29, 0.717) is 5.69 Å². The molecule has 1 aromatic heterocycles. The van der Waals surface area contributed by atoms with Crippen LogP contribution in [0.4, 0.5) is 5.69 Å². The first-order valence-corrected chi connectivity index (χ1v) is 6.97. The van der Waals surface area contributed by atoms with Gasteiger partial charge in [-0.2, -0.15) is 0 Å². The number of fused-ring (bicyclic) bond motifs is 1. The fourth-order valence-electron chi connectivity index (χ4n) is 2.92. The second kappa shape index (κ2) is 5.01. The quantitative estimate of drug-likeness (QED) is 0.643. The molecule has 96 valence electrons. The SMILES string of the molecule is Nc1cccc2oc(CC3CCCCCC3)nc12. The van der Waals surface area contributed by atoms with Gasteiger partial charge in [0, 0.05) is 6.42 Å². The lowest BCUT2D eigenvalue weighted by Gasteiger charge is -2.10. The second-order valence-electron chi connectivity index (χ2n) is 5.36. The van der Waals surface area contributed by atoms with E-state index in [-0.39, 0.29) is 0 Å². The normalized spacial score (nSPS) is 18.0. The number of para-hydroxylation sites is 1. The summed E-state index contributed by atoms with van der Waals surface area (Å²) < 4.78 is 5.80. The molecule has 0 aliphatic heterocycles. The summed E-state index contributed by atoms with van der Waals surface area (Å²) in [4.78, 5) is 4.55. The Balaban J connectivity index is 1.79. The average Bonchev–Trinajstić information content (AvgIpc) is 2.60. The smallest absolute Gasteiger partial charge is 0.195 e. The van der Waals surface area contributed by atoms with Crippen LogP contribution in [0, 0.1) is 5.92 Å². The van der Waals surface area contributed by atoms with Gasteiger partial charge in [0.2, 0.25) is 0 Å². The van der Waals surface area contributed by atoms with E-state index in [1.54, 1.807) is 0 Å². The molecular formula is C15H20N2O. The van der Waals surface area contributed by atoms with Crippen molar-refractivity contribution in [3.63, 3.8) is 0 Å². The Morgan fingerprint density at radius 1 is 1.17 bits per heavy atom. The van der Waals surface area contributed by atoms with Crippen molar-refractivity contribution in [1.82, 2.24) is 4.98 Å². The van der Waals surface area contributed by atoms with Crippen LogP contribution in [-0.2, 0) is 6.42 Å². The van der Waals surface area contributed by atoms with Crippen LogP contribution in [0.1, 0.15) is 44.4 Å². The summed E-state index contributed by atoms with van der Waals surface area (Å²) in [6, 6.07) is 5.73. The van der Waals surface area contributed by atoms with Gasteiger partial charge in [0.25, 0.3) is 0 Å². The molecule has 0 unspecified atom stereocenters. The number of anilines is 1. The van der Waals surface area contributed by atoms with Gasteiger partial charge in [-0.25, -0.2) is 4.98 Å². The molecule has 3 heteroatoms. The molecule has 0 amide bonds. The van der Waals surface area contributed by atoms with Gasteiger partial charge in [0.05, 0.1) is 5.69 Å². The molecule has 1 aliphatic carbocycles. The van der Waals surface area contributed by atoms with Crippen LogP contribution >= 0.6 is 0 Å². The number of hydrogen-bond donors (Lipinski definition) is 1. The number of hydrogen-bond acceptors (Lipinski definition) is 3. The van der Waals surface area contributed by atoms with Crippen LogP contribution in [-0.4, -0.2) is 4.98 Å². The minimum atomic E-state index is 0.711. The number of rotatable bonds is 2. The Labute approximate surface area is 107 Å². The van der Waals surface area contributed by atoms with E-state index < -0.39 is 0 Å². The number of aromatic nitrogens is 1. The van der Waals surface area contributed by atoms with E-state index in [4.69, 9.17) is 10.2 Å². The molecule has 0 radical (unpaired) electrons. The van der Waals surface area contributed by atoms with Crippen molar-refractivity contribution in [3.05, 3.63) is 24.1 Å². The Morgan fingerprint density at radius 2 is 1.94 bits per heavy atom. The monoisotopic (exact) mass is 244 g/mol. The Morgan fingerprint density at radius 3 is 2.67 bits per heavy atom. The summed E-state index contributed by atoms with van der Waals surface area (Å²) in [5, 5.41) is 0. The summed E-state index contributed by atoms with van der Waals surface area (Å²) in [5.74, 6) is 1.59. The Hall–Kier alpha value is -1.51. The topological polar surface area (TPSA) is 52.0 Å². The number of nitrogens with zero attached hydrogens (tertiary/aromatic N) is 1. The lowest BCUT2D eigenvalue weighted by Crippen LogP contribution is -2.03. The summed E-state index contributed by atoms with van der Waals surface area (Å²) in [5.41, 5.74) is 8.26. The number of nitrogens with two attached hydrogens (primary N) is 1. The summed E-state index contributed by atoms with van der Waals surface area (Å²) in [6.45, 7) is 0. The fraction of sp³-hybridized carbons (Fsp3) is 0.533. The van der Waals surface area contributed by atoms with Crippen LogP contribution in [0.25, 0.3) is 11.1 Å². The van der Waals surface area contributed by atoms with Crippen LogP contribution in [0.15, 0.2) is 22.6 Å². The third-order valence-electron chi connectivity index (χ3n) is 3.93. The first-order valence-electron chi connectivity index (χ1n) is 6.97. The molecule has 1 saturated carbocycles. The Kier molecular flexibility index (Phi) is 3.22. The number of oxazole rings is 1. The first kappa shape index (κ1) is 11.6. The molecule has 3 nitrogen and oxygen atoms in total. The predicted molar refractivity (Wildman–Crippen MR) is 73.3 cm³/mol. The van der Waals surface area contributed by atoms with Gasteiger partial charge in [0.15, 0.2) is 11.5 Å². The minimum absolute atomic E-state index is 0.711. The van der Waals surface area contributed by atoms with E-state index in [1.165, 1.54) is 38.5 Å². The maximum Gasteiger partial charge on any atom is 0.195 e. The second-order valence-corrected chi connectivity index (χ2v) is 5.36. The van der Waals surface area contributed by atoms with E-state index in [2.05, 4.69) is 4.98 Å². The van der Waals surface area contributed by atoms with Crippen molar-refractivity contribution in [1.29, 1.82) is 0 Å². The summed E-state index contributed by atoms with van der Waals surface area (Å²) in [7, 11) is 0. The molecule has 2 N–H and O–H groups in total. The van der Waals surface area contributed by atoms with Gasteiger partial charge < -0.3 is 10.2 Å². The minimum Gasteiger partial charge on any atom is -0.441 e. The zero-order valence-corrected chi connectivity index (χ0v) is 10.7. The van der Waals surface area contributed by atoms with E-state index in [9.17, 15) is 0 Å². The average molecular weight is 244 g/mol. The molecule has 0 atom stereocenters. The fourth-order valence-corrected chi connectivity index (χ4v) is 2.92. The molecule has 3 rings (SSSR count). The highest BCUT2D eigenvalue weighted by Gasteiger charge is 2.16. The van der Waals surface area contributed by atoms with Gasteiger partial charge in [0.1, 0.15) is 5.52 Å². The highest BCUT2D eigenvalue weighted by atomic mass is 16.3. The van der Waals surface area contributed by atoms with Crippen LogP contribution in [0.3, 0.4) is 0 Å². The third kappa shape index (κ3) is 2.35. The van der Waals surface area contributed by atoms with Gasteiger partial charge in [-0.15, -0.1) is 0 Å². The van der Waals surface area contributed by atoms with Gasteiger partial charge in [-0.3, -0.25) is 0 Å². The van der Waals surface area contributed by atoms with Crippen molar-refractivity contribution < 1.29 is 4.42 Å². The van der Waals surface area contributed by atoms with Gasteiger partial charge in [-0.1, -0.05) is 31.7 Å². The molecular weight excluding hydrogens is 224 g/mol. The first-order chi connectivity index (χ1) is 8.83. The predicted octanol–water partition coefficient (Wildman–Crippen LogP) is 3.92. The lowest BCUT2D eigenvalue weighted by molar-refractivity contribution is 0.403. The molecule has 0 saturated heterocycles. The van der Waals surface area contributed by atoms with E-state index >= 15 is 0 Å². The molecule has 1 aromatic carbocycles. The van der Waals surface area contributed by atoms with E-state index in [1.807, 2.05) is 18.2 Å². The third-order valence-corrected chi connectivity index (χ3v) is 3.93. The number of benzene rings is 1. The Bertz CT molecular complexity index is 524. The zero-order chi connectivity index (χ0) is 12.4. The van der Waals surface area contributed by atoms with Crippen LogP contribution < -0.4 is 5.73 Å². The van der Waals surface area contributed by atoms with E-state index in [0.717, 1.165) is 29.3 Å². The number of nitrogen functional groups attached to an aromatic ring is 1. The van der Waals surface area contributed by atoms with Crippen molar-refractivity contribution in [2.24, 2.45) is 5.92 Å². The molecule has 2 aromatic rings. The molecule has 1 aliphatic rings. The van der Waals surface area contributed by atoms with Crippen molar-refractivity contribution in [3.8, 4) is 0 Å². The highest BCUT2D eigenvalue weighted by Crippen LogP contribution is 2.28. The van der Waals surface area contributed by atoms with Crippen LogP contribution in [0.5, 0.6) is 0 Å². The van der Waals surface area contributed by atoms with Crippen molar-refractivity contribution >= 4 is 16.8 Å². The maximum atomic E-state index is 5.91. The molecule has 0 bridgehead atoms. The maximum absolute atomic E-state index is 5.91. The zero-order valence-electron chi connectivity index (χ0n) is 10.7. The molecule has 18 heavy (non-hydrogen) atoms. The van der Waals surface area contributed by atoms with Crippen LogP contribution in [0.2, 0.25) is 0 Å². The largest absolute Gasteiger partial charge is 0.441 e. The van der Waals surface area contributed by atoms with Crippen molar-refractivity contribution in [2.45, 2.75) is 44.9 Å². The molecule has 1 heterocycles.